The van der Waals surface area contributed by atoms with Crippen LogP contribution in [-0.2, 0) is 32.1 Å². The molecule has 0 nitrogen and oxygen atoms in total. The number of allylic oxidation sites excluding steroid dienone is 4. The summed E-state index contributed by atoms with van der Waals surface area (Å²) in [4.78, 5) is 0. The van der Waals surface area contributed by atoms with Gasteiger partial charge in [-0.05, 0) is 0 Å². The van der Waals surface area contributed by atoms with Crippen molar-refractivity contribution in [2.24, 2.45) is 11.3 Å². The molecule has 0 saturated heterocycles. The molecule has 2 aliphatic rings. The van der Waals surface area contributed by atoms with Crippen molar-refractivity contribution in [3.63, 3.8) is 0 Å². The Morgan fingerprint density at radius 2 is 1.04 bits per heavy atom. The molecule has 6 rings (SSSR count). The summed E-state index contributed by atoms with van der Waals surface area (Å²) in [6.45, 7) is 28.5. The third kappa shape index (κ3) is 6.42. The Bertz CT molecular complexity index is 1830. The van der Waals surface area contributed by atoms with Crippen molar-refractivity contribution in [3.8, 4) is 11.1 Å². The molecule has 0 bridgehead atoms. The van der Waals surface area contributed by atoms with Gasteiger partial charge in [-0.15, -0.1) is 0 Å². The fraction of sp³-hybridized carbons (Fsp3) is 0.383. The normalized spacial score (nSPS) is 16.4. The van der Waals surface area contributed by atoms with Crippen LogP contribution in [0.3, 0.4) is 0 Å². The van der Waals surface area contributed by atoms with Crippen LogP contribution in [0, 0.1) is 25.2 Å². The summed E-state index contributed by atoms with van der Waals surface area (Å²) in [7, 11) is 0. The van der Waals surface area contributed by atoms with Gasteiger partial charge in [0, 0.05) is 0 Å². The molecule has 0 aromatic heterocycles. The summed E-state index contributed by atoms with van der Waals surface area (Å²) in [6.07, 6.45) is 6.48. The van der Waals surface area contributed by atoms with Gasteiger partial charge in [0.2, 0.25) is 0 Å². The average Bonchev–Trinajstić information content (AvgIpc) is 3.58. The molecule has 0 fully saturated rings. The van der Waals surface area contributed by atoms with Crippen molar-refractivity contribution < 1.29 is 21.3 Å². The van der Waals surface area contributed by atoms with E-state index in [1.54, 1.807) is 17.6 Å². The van der Waals surface area contributed by atoms with Gasteiger partial charge in [0.1, 0.15) is 0 Å². The van der Waals surface area contributed by atoms with E-state index < -0.39 is 21.3 Å². The first-order valence-electron chi connectivity index (χ1n) is 18.1. The number of benzene rings is 4. The average molecular weight is 712 g/mol. The van der Waals surface area contributed by atoms with Gasteiger partial charge in [-0.2, -0.15) is 0 Å². The van der Waals surface area contributed by atoms with Gasteiger partial charge in [-0.3, -0.25) is 0 Å². The topological polar surface area (TPSA) is 0 Å². The van der Waals surface area contributed by atoms with E-state index in [9.17, 15) is 0 Å². The Morgan fingerprint density at radius 3 is 1.42 bits per heavy atom. The minimum atomic E-state index is -2.90. The predicted octanol–water partition coefficient (Wildman–Crippen LogP) is 12.8. The first-order valence-corrected chi connectivity index (χ1v) is 22.0. The summed E-state index contributed by atoms with van der Waals surface area (Å²) in [6, 6.07) is 33.3. The SMILES string of the molecule is CCC1C=C(C(C)(C)C)C=[C]1[Zr](=[C](c1ccccc1)c1ccccc1)[CH]1c2cc(C)c(C(C)(C)C)cc2-c2cc(C(C)(C)C)c(C)cc21. The molecule has 48 heavy (non-hydrogen) atoms. The number of hydrogen-bond acceptors (Lipinski definition) is 0. The fourth-order valence-corrected chi connectivity index (χ4v) is 18.1. The van der Waals surface area contributed by atoms with Crippen LogP contribution < -0.4 is 0 Å². The van der Waals surface area contributed by atoms with Crippen molar-refractivity contribution in [2.75, 3.05) is 0 Å². The van der Waals surface area contributed by atoms with E-state index >= 15 is 0 Å². The van der Waals surface area contributed by atoms with Crippen LogP contribution in [0.1, 0.15) is 124 Å². The molecule has 4 aromatic carbocycles. The van der Waals surface area contributed by atoms with Crippen LogP contribution in [0.2, 0.25) is 0 Å². The Balaban J connectivity index is 1.80. The van der Waals surface area contributed by atoms with E-state index in [0.717, 1.165) is 6.42 Å². The third-order valence-electron chi connectivity index (χ3n) is 10.7. The van der Waals surface area contributed by atoms with Gasteiger partial charge >= 0.3 is 301 Å². The molecule has 4 aromatic rings. The molecule has 2 aliphatic carbocycles. The van der Waals surface area contributed by atoms with Crippen LogP contribution >= 0.6 is 0 Å². The minimum absolute atomic E-state index is 0.0781. The monoisotopic (exact) mass is 710 g/mol. The van der Waals surface area contributed by atoms with Crippen molar-refractivity contribution in [3.05, 3.63) is 150 Å². The molecule has 1 unspecified atom stereocenters. The Morgan fingerprint density at radius 1 is 0.604 bits per heavy atom. The zero-order valence-corrected chi connectivity index (χ0v) is 34.1. The second-order valence-electron chi connectivity index (χ2n) is 17.4. The zero-order valence-electron chi connectivity index (χ0n) is 31.6. The number of rotatable bonds is 5. The molecule has 0 radical (unpaired) electrons. The molecule has 0 aliphatic heterocycles. The molecule has 248 valence electrons. The first-order chi connectivity index (χ1) is 22.5. The third-order valence-corrected chi connectivity index (χ3v) is 19.2. The van der Waals surface area contributed by atoms with Gasteiger partial charge in [-0.1, -0.05) is 0 Å². The predicted molar refractivity (Wildman–Crippen MR) is 206 cm³/mol. The van der Waals surface area contributed by atoms with Crippen LogP contribution in [0.15, 0.2) is 106 Å². The molecule has 0 saturated carbocycles. The summed E-state index contributed by atoms with van der Waals surface area (Å²) in [5.41, 5.74) is 16.5. The number of aryl methyl sites for hydroxylation is 2. The Hall–Kier alpha value is -2.89. The van der Waals surface area contributed by atoms with Crippen molar-refractivity contribution >= 4 is 3.21 Å². The Labute approximate surface area is 299 Å². The van der Waals surface area contributed by atoms with Crippen LogP contribution in [0.25, 0.3) is 11.1 Å². The van der Waals surface area contributed by atoms with Crippen molar-refractivity contribution in [2.45, 2.75) is 104 Å². The van der Waals surface area contributed by atoms with Gasteiger partial charge in [0.25, 0.3) is 0 Å². The van der Waals surface area contributed by atoms with E-state index in [4.69, 9.17) is 0 Å². The summed E-state index contributed by atoms with van der Waals surface area (Å²) < 4.78 is 3.78. The number of hydrogen-bond donors (Lipinski definition) is 0. The van der Waals surface area contributed by atoms with E-state index in [0.29, 0.717) is 9.54 Å². The quantitative estimate of drug-likeness (QED) is 0.193. The molecule has 0 N–H and O–H groups in total. The maximum absolute atomic E-state index is 2.90. The van der Waals surface area contributed by atoms with Gasteiger partial charge in [0.15, 0.2) is 0 Å². The van der Waals surface area contributed by atoms with Gasteiger partial charge in [0.05, 0.1) is 0 Å². The Kier molecular flexibility index (Phi) is 9.30. The second kappa shape index (κ2) is 12.8. The summed E-state index contributed by atoms with van der Waals surface area (Å²) in [5.74, 6) is 0.480. The summed E-state index contributed by atoms with van der Waals surface area (Å²) in [5, 5.41) is 0. The molecule has 0 amide bonds. The van der Waals surface area contributed by atoms with Gasteiger partial charge in [-0.25, -0.2) is 0 Å². The maximum atomic E-state index is 2.69. The van der Waals surface area contributed by atoms with Crippen molar-refractivity contribution in [1.82, 2.24) is 0 Å². The van der Waals surface area contributed by atoms with E-state index in [1.165, 1.54) is 50.1 Å². The van der Waals surface area contributed by atoms with Crippen LogP contribution in [-0.4, -0.2) is 3.21 Å². The van der Waals surface area contributed by atoms with E-state index in [1.807, 2.05) is 0 Å². The molecule has 0 heterocycles. The van der Waals surface area contributed by atoms with Crippen molar-refractivity contribution in [1.29, 1.82) is 0 Å². The van der Waals surface area contributed by atoms with E-state index in [2.05, 4.69) is 180 Å². The molecule has 1 heteroatoms. The molecular formula is C47H56Zr. The van der Waals surface area contributed by atoms with Gasteiger partial charge < -0.3 is 0 Å². The van der Waals surface area contributed by atoms with Crippen LogP contribution in [0.5, 0.6) is 0 Å². The summed E-state index contributed by atoms with van der Waals surface area (Å²) >= 11 is -2.90. The molecule has 1 atom stereocenters. The second-order valence-corrected chi connectivity index (χ2v) is 23.5. The molecule has 0 spiro atoms. The van der Waals surface area contributed by atoms with Crippen LogP contribution in [0.4, 0.5) is 0 Å². The zero-order chi connectivity index (χ0) is 34.8. The fourth-order valence-electron chi connectivity index (χ4n) is 8.35. The molecular weight excluding hydrogens is 656 g/mol. The van der Waals surface area contributed by atoms with E-state index in [-0.39, 0.29) is 16.2 Å². The first kappa shape index (κ1) is 35.0. The number of fused-ring (bicyclic) bond motifs is 3. The standard InChI is InChI=1S/C23H29.C13H10.C11H17.Zr/c1-14-9-16-11-17-10-15(2)21(23(6,7)8)13-19(17)18(16)12-20(14)22(3,4)5;1-3-7-12(8-4-1)11-13-9-5-2-6-10-13;1-5-9-6-7-10(8-9)11(2,3)4;/h9-13H,1-8H3;1-10H;7-9H,5H2,1-4H3;.